The molecule has 0 aliphatic carbocycles. The largest absolute Gasteiger partial charge is 0.443 e. The van der Waals surface area contributed by atoms with Gasteiger partial charge in [-0.15, -0.1) is 0 Å². The number of carbonyl (C=O) groups excluding carboxylic acids is 2. The molecule has 1 N–H and O–H groups in total. The van der Waals surface area contributed by atoms with E-state index in [0.29, 0.717) is 0 Å². The van der Waals surface area contributed by atoms with Crippen LogP contribution in [-0.2, 0) is 50.2 Å². The molecule has 3 rings (SSSR count). The van der Waals surface area contributed by atoms with Gasteiger partial charge >= 0.3 is 34.8 Å². The van der Waals surface area contributed by atoms with Crippen molar-refractivity contribution in [1.29, 1.82) is 0 Å². The van der Waals surface area contributed by atoms with Crippen LogP contribution in [0.5, 0.6) is 0 Å². The van der Waals surface area contributed by atoms with Crippen molar-refractivity contribution in [2.45, 2.75) is 157 Å². The van der Waals surface area contributed by atoms with Crippen LogP contribution in [0.15, 0.2) is 15.8 Å². The summed E-state index contributed by atoms with van der Waals surface area (Å²) in [6.07, 6.45) is -3.02. The van der Waals surface area contributed by atoms with Crippen molar-refractivity contribution < 1.29 is 41.9 Å². The molecule has 2 saturated heterocycles. The number of aliphatic hydroxyl groups is 1. The molecule has 48 heavy (non-hydrogen) atoms. The number of fused-ring (bicyclic) bond motifs is 1. The van der Waals surface area contributed by atoms with Crippen molar-refractivity contribution in [3.8, 4) is 0 Å². The highest BCUT2D eigenvalue weighted by atomic mass is 28.5. The number of nitrogens with zero attached hydrogens (tertiary/aromatic N) is 2. The summed E-state index contributed by atoms with van der Waals surface area (Å²) in [5.74, 6) is -1.20. The van der Waals surface area contributed by atoms with Gasteiger partial charge in [0.25, 0.3) is 5.56 Å². The van der Waals surface area contributed by atoms with Crippen molar-refractivity contribution in [2.24, 2.45) is 10.8 Å². The summed E-state index contributed by atoms with van der Waals surface area (Å²) in [5, 5.41) is 11.9. The van der Waals surface area contributed by atoms with Gasteiger partial charge in [0.2, 0.25) is 0 Å². The first-order valence-electron chi connectivity index (χ1n) is 16.9. The molecule has 1 aromatic rings. The van der Waals surface area contributed by atoms with Gasteiger partial charge in [0.05, 0.1) is 23.0 Å². The molecule has 0 saturated carbocycles. The Morgan fingerprint density at radius 3 is 1.79 bits per heavy atom. The zero-order chi connectivity index (χ0) is 36.7. The fraction of sp³-hybridized carbons (Fsp3) is 0.818. The molecular formula is C33H58N2O11Si2. The minimum atomic E-state index is -3.13. The normalized spacial score (nSPS) is 24.5. The Hall–Kier alpha value is -2.15. The van der Waals surface area contributed by atoms with Gasteiger partial charge in [-0.05, 0) is 63.7 Å². The number of esters is 2. The highest BCUT2D eigenvalue weighted by molar-refractivity contribution is 6.84. The van der Waals surface area contributed by atoms with Crippen molar-refractivity contribution >= 4 is 29.1 Å². The first-order valence-corrected chi connectivity index (χ1v) is 20.9. The molecule has 3 heterocycles. The molecule has 15 heteroatoms. The minimum absolute atomic E-state index is 0.00962. The Labute approximate surface area is 286 Å². The molecule has 2 aliphatic heterocycles. The quantitative estimate of drug-likeness (QED) is 0.276. The van der Waals surface area contributed by atoms with Crippen LogP contribution < -0.4 is 11.2 Å². The van der Waals surface area contributed by atoms with E-state index in [1.54, 1.807) is 41.5 Å². The topological polar surface area (TPSA) is 154 Å². The second-order valence-corrected chi connectivity index (χ2v) is 25.2. The minimum Gasteiger partial charge on any atom is -0.443 e. The van der Waals surface area contributed by atoms with E-state index in [1.807, 2.05) is 0 Å². The van der Waals surface area contributed by atoms with Gasteiger partial charge in [-0.2, -0.15) is 0 Å². The number of carbonyl (C=O) groups is 2. The first-order chi connectivity index (χ1) is 21.9. The van der Waals surface area contributed by atoms with Crippen LogP contribution in [-0.4, -0.2) is 68.2 Å². The van der Waals surface area contributed by atoms with E-state index in [4.69, 9.17) is 27.2 Å². The van der Waals surface area contributed by atoms with Crippen LogP contribution in [0.1, 0.15) is 109 Å². The molecule has 0 amide bonds. The molecule has 0 radical (unpaired) electrons. The third kappa shape index (κ3) is 7.92. The van der Waals surface area contributed by atoms with Crippen LogP contribution in [0.3, 0.4) is 0 Å². The number of aliphatic hydroxyl groups excluding tert-OH is 1. The fourth-order valence-corrected chi connectivity index (χ4v) is 17.4. The predicted octanol–water partition coefficient (Wildman–Crippen LogP) is 4.86. The van der Waals surface area contributed by atoms with E-state index >= 15 is 0 Å². The Balaban J connectivity index is 2.15. The number of aromatic nitrogens is 2. The van der Waals surface area contributed by atoms with Crippen LogP contribution in [0.25, 0.3) is 0 Å². The van der Waals surface area contributed by atoms with Gasteiger partial charge in [-0.3, -0.25) is 19.0 Å². The number of ether oxygens (including phenoxy) is 3. The molecule has 274 valence electrons. The highest BCUT2D eigenvalue weighted by Gasteiger charge is 2.61. The Bertz CT molecular complexity index is 1420. The van der Waals surface area contributed by atoms with Crippen LogP contribution in [0.4, 0.5) is 0 Å². The molecule has 2 aliphatic rings. The molecule has 13 nitrogen and oxygen atoms in total. The summed E-state index contributed by atoms with van der Waals surface area (Å²) in [7, 11) is -6.03. The van der Waals surface area contributed by atoms with Gasteiger partial charge in [-0.1, -0.05) is 55.4 Å². The molecule has 4 atom stereocenters. The lowest BCUT2D eigenvalue weighted by atomic mass is 9.97. The van der Waals surface area contributed by atoms with E-state index in [9.17, 15) is 24.3 Å². The summed E-state index contributed by atoms with van der Waals surface area (Å²) in [6, 6.07) is 0. The maximum absolute atomic E-state index is 14.0. The van der Waals surface area contributed by atoms with Crippen LogP contribution >= 0.6 is 0 Å². The average molecular weight is 715 g/mol. The Morgan fingerprint density at radius 1 is 0.854 bits per heavy atom. The summed E-state index contributed by atoms with van der Waals surface area (Å²) >= 11 is 0. The van der Waals surface area contributed by atoms with Crippen molar-refractivity contribution in [2.75, 3.05) is 6.61 Å². The molecule has 1 aromatic heterocycles. The standard InChI is InChI=1S/C33H58N2O11Si2/c1-19(2)47(20(3)4)43-16-24-27(45-48(46-47,21(5)6)22(7)8)25(36)26(44-24)23-15-34(17-41-29(38)32(9,10)11)31(40)35(28(23)37)18-42-30(39)33(12,13)14/h15,19-22,24-27,36H,16-18H2,1-14H3/t24-,25+,26+,27-/m1/s1. The van der Waals surface area contributed by atoms with Gasteiger partial charge in [0, 0.05) is 6.20 Å². The van der Waals surface area contributed by atoms with E-state index in [2.05, 4.69) is 55.4 Å². The van der Waals surface area contributed by atoms with Crippen molar-refractivity contribution in [3.63, 3.8) is 0 Å². The highest BCUT2D eigenvalue weighted by Crippen LogP contribution is 2.48. The lowest BCUT2D eigenvalue weighted by molar-refractivity contribution is -0.157. The summed E-state index contributed by atoms with van der Waals surface area (Å²) in [4.78, 5) is 52.7. The summed E-state index contributed by atoms with van der Waals surface area (Å²) in [6.45, 7) is 25.5. The average Bonchev–Trinajstić information content (AvgIpc) is 3.24. The third-order valence-electron chi connectivity index (χ3n) is 9.12. The number of hydrogen-bond donors (Lipinski definition) is 1. The maximum Gasteiger partial charge on any atom is 0.336 e. The summed E-state index contributed by atoms with van der Waals surface area (Å²) in [5.41, 5.74) is -3.36. The maximum atomic E-state index is 14.0. The van der Waals surface area contributed by atoms with Crippen LogP contribution in [0, 0.1) is 10.8 Å². The molecule has 2 fully saturated rings. The second kappa shape index (κ2) is 14.6. The zero-order valence-electron chi connectivity index (χ0n) is 31.2. The predicted molar refractivity (Wildman–Crippen MR) is 183 cm³/mol. The molecule has 0 spiro atoms. The van der Waals surface area contributed by atoms with Crippen molar-refractivity contribution in [3.05, 3.63) is 32.6 Å². The van der Waals surface area contributed by atoms with E-state index < -0.39 is 89.0 Å². The monoisotopic (exact) mass is 714 g/mol. The second-order valence-electron chi connectivity index (χ2n) is 16.3. The van der Waals surface area contributed by atoms with E-state index in [0.717, 1.165) is 9.13 Å². The van der Waals surface area contributed by atoms with E-state index in [1.165, 1.54) is 6.20 Å². The molecule has 0 aromatic carbocycles. The van der Waals surface area contributed by atoms with Crippen LogP contribution in [0.2, 0.25) is 22.2 Å². The van der Waals surface area contributed by atoms with Gasteiger partial charge < -0.3 is 32.3 Å². The number of hydrogen-bond acceptors (Lipinski definition) is 11. The molecular weight excluding hydrogens is 657 g/mol. The van der Waals surface area contributed by atoms with Gasteiger partial charge in [-0.25, -0.2) is 9.36 Å². The zero-order valence-corrected chi connectivity index (χ0v) is 33.2. The Kier molecular flexibility index (Phi) is 12.3. The smallest absolute Gasteiger partial charge is 0.336 e. The third-order valence-corrected chi connectivity index (χ3v) is 19.4. The van der Waals surface area contributed by atoms with E-state index in [-0.39, 0.29) is 34.3 Å². The molecule has 0 bridgehead atoms. The fourth-order valence-electron chi connectivity index (χ4n) is 6.18. The summed E-state index contributed by atoms with van der Waals surface area (Å²) < 4.78 is 39.9. The van der Waals surface area contributed by atoms with Gasteiger partial charge in [0.15, 0.2) is 13.5 Å². The van der Waals surface area contributed by atoms with Crippen molar-refractivity contribution in [1.82, 2.24) is 9.13 Å². The lowest BCUT2D eigenvalue weighted by Crippen LogP contribution is -2.65. The first kappa shape index (κ1) is 40.3. The lowest BCUT2D eigenvalue weighted by Gasteiger charge is -2.51. The Morgan fingerprint density at radius 2 is 1.33 bits per heavy atom. The molecule has 0 unspecified atom stereocenters. The van der Waals surface area contributed by atoms with Gasteiger partial charge in [0.1, 0.15) is 24.4 Å². The number of rotatable bonds is 9. The SMILES string of the molecule is CC(C)[Si]1(C(C)C)OC[C@H]2O[C@@H](c3cn(COC(=O)C(C)(C)C)c(=O)n(COC(=O)C(C)(C)C)c3=O)[C@H](O)[C@@H]2O[Si](C(C)C)(C(C)C)O1.